The molecule has 1 N–H and O–H groups in total. The quantitative estimate of drug-likeness (QED) is 0.694. The molecule has 1 rings (SSSR count). The van der Waals surface area contributed by atoms with Crippen molar-refractivity contribution in [3.05, 3.63) is 0 Å². The fourth-order valence-corrected chi connectivity index (χ4v) is 1.67. The number of methoxy groups -OCH3 is 2. The van der Waals surface area contributed by atoms with Crippen LogP contribution in [0.4, 0.5) is 4.79 Å². The summed E-state index contributed by atoms with van der Waals surface area (Å²) >= 11 is 0. The summed E-state index contributed by atoms with van der Waals surface area (Å²) in [6.45, 7) is 2.68. The van der Waals surface area contributed by atoms with Gasteiger partial charge in [0, 0.05) is 33.9 Å². The second kappa shape index (κ2) is 6.63. The number of nitrogens with one attached hydrogen (secondary N) is 1. The van der Waals surface area contributed by atoms with Crippen molar-refractivity contribution in [2.75, 3.05) is 40.5 Å². The number of amides is 2. The molecule has 0 aromatic rings. The highest BCUT2D eigenvalue weighted by atomic mass is 16.5. The van der Waals surface area contributed by atoms with Crippen molar-refractivity contribution in [1.82, 2.24) is 10.2 Å². The molecular formula is C10H20N2O3. The molecule has 0 atom stereocenters. The van der Waals surface area contributed by atoms with Gasteiger partial charge in [-0.1, -0.05) is 0 Å². The van der Waals surface area contributed by atoms with Gasteiger partial charge in [-0.3, -0.25) is 0 Å². The molecule has 1 fully saturated rings. The van der Waals surface area contributed by atoms with Crippen LogP contribution in [-0.4, -0.2) is 57.5 Å². The number of carbonyl (C=O) groups excluding carboxylic acids is 1. The average molecular weight is 216 g/mol. The minimum atomic E-state index is 0.00148. The zero-order chi connectivity index (χ0) is 11.1. The van der Waals surface area contributed by atoms with Crippen molar-refractivity contribution in [3.63, 3.8) is 0 Å². The number of carbonyl (C=O) groups is 1. The maximum absolute atomic E-state index is 11.6. The van der Waals surface area contributed by atoms with Crippen molar-refractivity contribution in [2.45, 2.75) is 18.9 Å². The van der Waals surface area contributed by atoms with E-state index in [4.69, 9.17) is 9.47 Å². The molecule has 15 heavy (non-hydrogen) atoms. The summed E-state index contributed by atoms with van der Waals surface area (Å²) in [5.74, 6) is 0. The molecule has 1 heterocycles. The number of rotatable bonds is 4. The Balaban J connectivity index is 2.18. The second-order valence-electron chi connectivity index (χ2n) is 3.65. The Morgan fingerprint density at radius 2 is 2.07 bits per heavy atom. The van der Waals surface area contributed by atoms with Gasteiger partial charge in [0.1, 0.15) is 0 Å². The molecule has 0 aliphatic carbocycles. The minimum Gasteiger partial charge on any atom is -0.383 e. The lowest BCUT2D eigenvalue weighted by molar-refractivity contribution is 0.0501. The molecule has 5 heteroatoms. The molecule has 0 spiro atoms. The zero-order valence-electron chi connectivity index (χ0n) is 9.49. The van der Waals surface area contributed by atoms with E-state index in [0.29, 0.717) is 19.3 Å². The lowest BCUT2D eigenvalue weighted by Crippen LogP contribution is -2.46. The SMILES string of the molecule is COCCNC(=O)N1CCC(OC)CC1. The molecular weight excluding hydrogens is 196 g/mol. The summed E-state index contributed by atoms with van der Waals surface area (Å²) in [4.78, 5) is 13.4. The number of ether oxygens (including phenoxy) is 2. The minimum absolute atomic E-state index is 0.00148. The molecule has 1 saturated heterocycles. The fourth-order valence-electron chi connectivity index (χ4n) is 1.67. The van der Waals surface area contributed by atoms with Crippen LogP contribution < -0.4 is 5.32 Å². The summed E-state index contributed by atoms with van der Waals surface area (Å²) < 4.78 is 10.1. The van der Waals surface area contributed by atoms with E-state index in [0.717, 1.165) is 25.9 Å². The lowest BCUT2D eigenvalue weighted by Gasteiger charge is -2.31. The van der Waals surface area contributed by atoms with E-state index in [1.807, 2.05) is 4.90 Å². The molecule has 2 amide bonds. The lowest BCUT2D eigenvalue weighted by atomic mass is 10.1. The summed E-state index contributed by atoms with van der Waals surface area (Å²) in [5, 5.41) is 2.81. The van der Waals surface area contributed by atoms with Crippen LogP contribution in [0.2, 0.25) is 0 Å². The normalized spacial score (nSPS) is 17.9. The zero-order valence-corrected chi connectivity index (χ0v) is 9.49. The Bertz CT molecular complexity index is 191. The van der Waals surface area contributed by atoms with Gasteiger partial charge in [0.05, 0.1) is 12.7 Å². The van der Waals surface area contributed by atoms with E-state index in [9.17, 15) is 4.79 Å². The van der Waals surface area contributed by atoms with Crippen LogP contribution in [0.25, 0.3) is 0 Å². The maximum atomic E-state index is 11.6. The second-order valence-corrected chi connectivity index (χ2v) is 3.65. The van der Waals surface area contributed by atoms with Crippen LogP contribution in [0.5, 0.6) is 0 Å². The predicted octanol–water partition coefficient (Wildman–Crippen LogP) is 0.453. The van der Waals surface area contributed by atoms with Gasteiger partial charge in [0.25, 0.3) is 0 Å². The van der Waals surface area contributed by atoms with Crippen molar-refractivity contribution >= 4 is 6.03 Å². The van der Waals surface area contributed by atoms with Gasteiger partial charge in [-0.2, -0.15) is 0 Å². The van der Waals surface area contributed by atoms with Gasteiger partial charge in [-0.15, -0.1) is 0 Å². The molecule has 1 aliphatic heterocycles. The number of hydrogen-bond acceptors (Lipinski definition) is 3. The van der Waals surface area contributed by atoms with E-state index in [-0.39, 0.29) is 6.03 Å². The standard InChI is InChI=1S/C10H20N2O3/c1-14-8-5-11-10(13)12-6-3-9(15-2)4-7-12/h9H,3-8H2,1-2H3,(H,11,13). The first kappa shape index (κ1) is 12.3. The maximum Gasteiger partial charge on any atom is 0.317 e. The van der Waals surface area contributed by atoms with Gasteiger partial charge < -0.3 is 19.7 Å². The van der Waals surface area contributed by atoms with E-state index in [2.05, 4.69) is 5.32 Å². The Labute approximate surface area is 90.7 Å². The third kappa shape index (κ3) is 4.05. The Hall–Kier alpha value is -0.810. The van der Waals surface area contributed by atoms with Crippen LogP contribution in [-0.2, 0) is 9.47 Å². The highest BCUT2D eigenvalue weighted by molar-refractivity contribution is 5.74. The largest absolute Gasteiger partial charge is 0.383 e. The molecule has 88 valence electrons. The third-order valence-electron chi connectivity index (χ3n) is 2.64. The fraction of sp³-hybridized carbons (Fsp3) is 0.900. The van der Waals surface area contributed by atoms with Crippen molar-refractivity contribution in [1.29, 1.82) is 0 Å². The summed E-state index contributed by atoms with van der Waals surface area (Å²) in [6.07, 6.45) is 2.16. The molecule has 0 saturated carbocycles. The van der Waals surface area contributed by atoms with E-state index in [1.165, 1.54) is 0 Å². The van der Waals surface area contributed by atoms with Crippen LogP contribution >= 0.6 is 0 Å². The number of likely N-dealkylation sites (tertiary alicyclic amines) is 1. The van der Waals surface area contributed by atoms with E-state index >= 15 is 0 Å². The van der Waals surface area contributed by atoms with E-state index < -0.39 is 0 Å². The molecule has 0 aromatic carbocycles. The number of nitrogens with zero attached hydrogens (tertiary/aromatic N) is 1. The van der Waals surface area contributed by atoms with Crippen LogP contribution in [0.1, 0.15) is 12.8 Å². The molecule has 5 nitrogen and oxygen atoms in total. The smallest absolute Gasteiger partial charge is 0.317 e. The average Bonchev–Trinajstić information content (AvgIpc) is 2.29. The first-order chi connectivity index (χ1) is 7.27. The monoisotopic (exact) mass is 216 g/mol. The summed E-state index contributed by atoms with van der Waals surface area (Å²) in [7, 11) is 3.34. The number of hydrogen-bond donors (Lipinski definition) is 1. The van der Waals surface area contributed by atoms with Gasteiger partial charge in [0.2, 0.25) is 0 Å². The van der Waals surface area contributed by atoms with Crippen LogP contribution in [0, 0.1) is 0 Å². The Kier molecular flexibility index (Phi) is 5.42. The van der Waals surface area contributed by atoms with Gasteiger partial charge in [0.15, 0.2) is 0 Å². The predicted molar refractivity (Wildman–Crippen MR) is 56.9 cm³/mol. The highest BCUT2D eigenvalue weighted by Crippen LogP contribution is 2.12. The highest BCUT2D eigenvalue weighted by Gasteiger charge is 2.21. The van der Waals surface area contributed by atoms with Crippen molar-refractivity contribution in [3.8, 4) is 0 Å². The number of piperidine rings is 1. The van der Waals surface area contributed by atoms with Gasteiger partial charge >= 0.3 is 6.03 Å². The molecule has 0 unspecified atom stereocenters. The third-order valence-corrected chi connectivity index (χ3v) is 2.64. The van der Waals surface area contributed by atoms with Crippen LogP contribution in [0.3, 0.4) is 0 Å². The van der Waals surface area contributed by atoms with Crippen molar-refractivity contribution < 1.29 is 14.3 Å². The first-order valence-corrected chi connectivity index (χ1v) is 5.32. The summed E-state index contributed by atoms with van der Waals surface area (Å²) in [5.41, 5.74) is 0. The topological polar surface area (TPSA) is 50.8 Å². The molecule has 0 aromatic heterocycles. The first-order valence-electron chi connectivity index (χ1n) is 5.32. The molecule has 0 bridgehead atoms. The van der Waals surface area contributed by atoms with Gasteiger partial charge in [-0.05, 0) is 12.8 Å². The van der Waals surface area contributed by atoms with E-state index in [1.54, 1.807) is 14.2 Å². The Morgan fingerprint density at radius 1 is 1.40 bits per heavy atom. The molecule has 0 radical (unpaired) electrons. The van der Waals surface area contributed by atoms with Gasteiger partial charge in [-0.25, -0.2) is 4.79 Å². The molecule has 1 aliphatic rings. The number of urea groups is 1. The Morgan fingerprint density at radius 3 is 2.60 bits per heavy atom. The van der Waals surface area contributed by atoms with Crippen LogP contribution in [0.15, 0.2) is 0 Å². The summed E-state index contributed by atoms with van der Waals surface area (Å²) in [6, 6.07) is 0.00148. The van der Waals surface area contributed by atoms with Crippen molar-refractivity contribution in [2.24, 2.45) is 0 Å².